The molecule has 0 saturated carbocycles. The number of pyridine rings is 1. The molecule has 0 radical (unpaired) electrons. The van der Waals surface area contributed by atoms with Crippen molar-refractivity contribution < 1.29 is 4.74 Å². The van der Waals surface area contributed by atoms with Gasteiger partial charge in [0.05, 0.1) is 6.61 Å². The van der Waals surface area contributed by atoms with Gasteiger partial charge in [0.1, 0.15) is 5.75 Å². The van der Waals surface area contributed by atoms with Crippen molar-refractivity contribution in [2.45, 2.75) is 97.3 Å². The maximum absolute atomic E-state index is 5.89. The molecule has 0 bridgehead atoms. The van der Waals surface area contributed by atoms with Crippen molar-refractivity contribution in [3.63, 3.8) is 0 Å². The van der Waals surface area contributed by atoms with Crippen molar-refractivity contribution in [3.8, 4) is 5.75 Å². The third-order valence-corrected chi connectivity index (χ3v) is 5.56. The molecule has 0 fully saturated rings. The first-order valence-corrected chi connectivity index (χ1v) is 12.0. The average molecular weight is 396 g/mol. The maximum Gasteiger partial charge on any atom is 0.119 e. The fraction of sp³-hybridized carbons (Fsp3) is 0.593. The Hall–Kier alpha value is -1.83. The zero-order valence-electron chi connectivity index (χ0n) is 18.8. The molecule has 2 nitrogen and oxygen atoms in total. The molecule has 1 aromatic carbocycles. The number of hydrogen-bond acceptors (Lipinski definition) is 2. The van der Waals surface area contributed by atoms with Crippen molar-refractivity contribution in [2.24, 2.45) is 0 Å². The van der Waals surface area contributed by atoms with E-state index in [1.165, 1.54) is 74.6 Å². The number of ether oxygens (including phenoxy) is 1. The second-order valence-corrected chi connectivity index (χ2v) is 8.23. The van der Waals surface area contributed by atoms with Crippen LogP contribution in [-0.4, -0.2) is 11.6 Å². The van der Waals surface area contributed by atoms with E-state index in [1.54, 1.807) is 0 Å². The topological polar surface area (TPSA) is 22.1 Å². The van der Waals surface area contributed by atoms with Crippen molar-refractivity contribution >= 4 is 0 Å². The van der Waals surface area contributed by atoms with E-state index < -0.39 is 0 Å². The molecule has 29 heavy (non-hydrogen) atoms. The summed E-state index contributed by atoms with van der Waals surface area (Å²) in [6.45, 7) is 5.35. The van der Waals surface area contributed by atoms with Gasteiger partial charge in [-0.15, -0.1) is 0 Å². The monoisotopic (exact) mass is 395 g/mol. The molecule has 2 rings (SSSR count). The molecule has 0 amide bonds. The van der Waals surface area contributed by atoms with Crippen LogP contribution in [0.3, 0.4) is 0 Å². The van der Waals surface area contributed by atoms with Gasteiger partial charge < -0.3 is 4.74 Å². The number of hydrogen-bond donors (Lipinski definition) is 0. The quantitative estimate of drug-likeness (QED) is 0.271. The summed E-state index contributed by atoms with van der Waals surface area (Å²) >= 11 is 0. The molecular weight excluding hydrogens is 354 g/mol. The summed E-state index contributed by atoms with van der Waals surface area (Å²) in [5.41, 5.74) is 3.90. The molecule has 0 N–H and O–H groups in total. The molecule has 0 aliphatic rings. The smallest absolute Gasteiger partial charge is 0.119 e. The Labute approximate surface area is 179 Å². The van der Waals surface area contributed by atoms with E-state index in [0.29, 0.717) is 0 Å². The van der Waals surface area contributed by atoms with Crippen molar-refractivity contribution in [1.82, 2.24) is 4.98 Å². The first-order chi connectivity index (χ1) is 14.3. The first kappa shape index (κ1) is 23.4. The summed E-state index contributed by atoms with van der Waals surface area (Å²) in [4.78, 5) is 4.65. The lowest BCUT2D eigenvalue weighted by Crippen LogP contribution is -1.98. The normalized spacial score (nSPS) is 11.0. The molecule has 0 atom stereocenters. The van der Waals surface area contributed by atoms with Gasteiger partial charge in [0, 0.05) is 11.9 Å². The van der Waals surface area contributed by atoms with E-state index in [9.17, 15) is 0 Å². The van der Waals surface area contributed by atoms with Crippen LogP contribution in [0, 0.1) is 0 Å². The van der Waals surface area contributed by atoms with Crippen molar-refractivity contribution in [3.05, 3.63) is 59.4 Å². The molecule has 0 unspecified atom stereocenters. The first-order valence-electron chi connectivity index (χ1n) is 12.0. The molecule has 0 aliphatic carbocycles. The lowest BCUT2D eigenvalue weighted by molar-refractivity contribution is 0.304. The standard InChI is InChI=1S/C27H41NO/c1-3-5-7-8-9-10-12-22-29-27-20-16-24(17-21-27)14-18-26-19-15-25(23-28-26)13-11-6-4-2/h15-17,19-21,23H,3-14,18,22H2,1-2H3. The summed E-state index contributed by atoms with van der Waals surface area (Å²) in [5.74, 6) is 0.995. The molecule has 0 aliphatic heterocycles. The van der Waals surface area contributed by atoms with E-state index in [4.69, 9.17) is 4.74 Å². The van der Waals surface area contributed by atoms with Gasteiger partial charge >= 0.3 is 0 Å². The minimum atomic E-state index is 0.835. The van der Waals surface area contributed by atoms with Crippen LogP contribution in [0.1, 0.15) is 94.9 Å². The Balaban J connectivity index is 1.61. The summed E-state index contributed by atoms with van der Waals surface area (Å²) in [5, 5.41) is 0. The number of benzene rings is 1. The van der Waals surface area contributed by atoms with Gasteiger partial charge in [-0.1, -0.05) is 83.4 Å². The second-order valence-electron chi connectivity index (χ2n) is 8.23. The van der Waals surface area contributed by atoms with E-state index in [2.05, 4.69) is 61.4 Å². The third kappa shape index (κ3) is 10.5. The van der Waals surface area contributed by atoms with Crippen LogP contribution in [-0.2, 0) is 19.3 Å². The van der Waals surface area contributed by atoms with Gasteiger partial charge in [-0.25, -0.2) is 0 Å². The van der Waals surface area contributed by atoms with E-state index >= 15 is 0 Å². The fourth-order valence-electron chi connectivity index (χ4n) is 3.60. The Morgan fingerprint density at radius 1 is 0.621 bits per heavy atom. The van der Waals surface area contributed by atoms with Crippen LogP contribution in [0.2, 0.25) is 0 Å². The second kappa shape index (κ2) is 15.1. The van der Waals surface area contributed by atoms with Crippen LogP contribution in [0.5, 0.6) is 5.75 Å². The summed E-state index contributed by atoms with van der Waals surface area (Å²) in [7, 11) is 0. The lowest BCUT2D eigenvalue weighted by Gasteiger charge is -2.08. The minimum absolute atomic E-state index is 0.835. The van der Waals surface area contributed by atoms with Gasteiger partial charge in [0.2, 0.25) is 0 Å². The number of aromatic nitrogens is 1. The number of aryl methyl sites for hydroxylation is 3. The summed E-state index contributed by atoms with van der Waals surface area (Å²) < 4.78 is 5.89. The van der Waals surface area contributed by atoms with Crippen LogP contribution >= 0.6 is 0 Å². The minimum Gasteiger partial charge on any atom is -0.494 e. The molecular formula is C27H41NO. The van der Waals surface area contributed by atoms with Gasteiger partial charge in [0.25, 0.3) is 0 Å². The SMILES string of the molecule is CCCCCCCCCOc1ccc(CCc2ccc(CCCCC)cn2)cc1. The van der Waals surface area contributed by atoms with Crippen molar-refractivity contribution in [1.29, 1.82) is 0 Å². The Morgan fingerprint density at radius 2 is 1.28 bits per heavy atom. The molecule has 1 heterocycles. The highest BCUT2D eigenvalue weighted by atomic mass is 16.5. The van der Waals surface area contributed by atoms with Gasteiger partial charge in [0.15, 0.2) is 0 Å². The van der Waals surface area contributed by atoms with Gasteiger partial charge in [-0.05, 0) is 61.4 Å². The maximum atomic E-state index is 5.89. The molecule has 2 heteroatoms. The lowest BCUT2D eigenvalue weighted by atomic mass is 10.1. The zero-order chi connectivity index (χ0) is 20.6. The number of rotatable bonds is 16. The predicted molar refractivity (Wildman–Crippen MR) is 125 cm³/mol. The average Bonchev–Trinajstić information content (AvgIpc) is 2.76. The van der Waals surface area contributed by atoms with E-state index in [0.717, 1.165) is 38.0 Å². The summed E-state index contributed by atoms with van der Waals surface area (Å²) in [6.07, 6.45) is 18.3. The highest BCUT2D eigenvalue weighted by Gasteiger charge is 2.00. The highest BCUT2D eigenvalue weighted by Crippen LogP contribution is 2.15. The van der Waals surface area contributed by atoms with Crippen LogP contribution in [0.4, 0.5) is 0 Å². The van der Waals surface area contributed by atoms with E-state index in [1.807, 2.05) is 0 Å². The Morgan fingerprint density at radius 3 is 1.97 bits per heavy atom. The third-order valence-electron chi connectivity index (χ3n) is 5.56. The Kier molecular flexibility index (Phi) is 12.2. The molecule has 1 aromatic heterocycles. The molecule has 160 valence electrons. The number of unbranched alkanes of at least 4 members (excludes halogenated alkanes) is 8. The molecule has 0 spiro atoms. The van der Waals surface area contributed by atoms with Crippen molar-refractivity contribution in [2.75, 3.05) is 6.61 Å². The van der Waals surface area contributed by atoms with Gasteiger partial charge in [-0.3, -0.25) is 4.98 Å². The van der Waals surface area contributed by atoms with Crippen LogP contribution in [0.15, 0.2) is 42.6 Å². The van der Waals surface area contributed by atoms with Crippen LogP contribution in [0.25, 0.3) is 0 Å². The Bertz CT molecular complexity index is 633. The zero-order valence-corrected chi connectivity index (χ0v) is 18.8. The molecule has 2 aromatic rings. The fourth-order valence-corrected chi connectivity index (χ4v) is 3.60. The van der Waals surface area contributed by atoms with Crippen LogP contribution < -0.4 is 4.74 Å². The number of nitrogens with zero attached hydrogens (tertiary/aromatic N) is 1. The largest absolute Gasteiger partial charge is 0.494 e. The predicted octanol–water partition coefficient (Wildman–Crippen LogP) is 7.73. The van der Waals surface area contributed by atoms with Gasteiger partial charge in [-0.2, -0.15) is 0 Å². The summed E-state index contributed by atoms with van der Waals surface area (Å²) in [6, 6.07) is 13.1. The highest BCUT2D eigenvalue weighted by molar-refractivity contribution is 5.28. The van der Waals surface area contributed by atoms with E-state index in [-0.39, 0.29) is 0 Å². The molecule has 0 saturated heterocycles.